The number of benzene rings is 2. The van der Waals surface area contributed by atoms with Crippen LogP contribution >= 0.6 is 24.8 Å². The first-order valence-electron chi connectivity index (χ1n) is 18.9. The molecule has 310 valence electrons. The van der Waals surface area contributed by atoms with Gasteiger partial charge in [0.1, 0.15) is 18.3 Å². The molecule has 8 atom stereocenters. The summed E-state index contributed by atoms with van der Waals surface area (Å²) in [5.74, 6) is -3.32. The number of carbonyl (C=O) groups excluding carboxylic acids is 3. The first kappa shape index (κ1) is 44.3. The van der Waals surface area contributed by atoms with E-state index in [1.165, 1.54) is 12.0 Å². The average molecular weight is 831 g/mol. The van der Waals surface area contributed by atoms with Gasteiger partial charge in [-0.1, -0.05) is 56.0 Å². The van der Waals surface area contributed by atoms with Gasteiger partial charge in [0.15, 0.2) is 22.9 Å². The molecule has 0 aromatic heterocycles. The SMILES string of the molecule is C=C(C)[C@]12C[C@@H](C)[C@@]34O[C@](Cc5ccccc5)(O[C@@H]1[C@@H]3CC(COC(=O)Cc1ccc(OC(=O)N(CCN)CCN)c(OC)c1)=C[C@]1(O)C(=O)C(C)=C[C@@H]41)O2.Cl.Cl. The topological polar surface area (TPSA) is 182 Å². The molecule has 1 amide bonds. The Kier molecular flexibility index (Phi) is 13.1. The summed E-state index contributed by atoms with van der Waals surface area (Å²) in [7, 11) is 1.43. The van der Waals surface area contributed by atoms with E-state index in [4.69, 9.17) is 39.9 Å². The number of amides is 1. The summed E-state index contributed by atoms with van der Waals surface area (Å²) < 4.78 is 37.9. The molecule has 2 heterocycles. The fourth-order valence-corrected chi connectivity index (χ4v) is 9.61. The van der Waals surface area contributed by atoms with Gasteiger partial charge in [0.05, 0.1) is 25.6 Å². The number of methoxy groups -OCH3 is 1. The van der Waals surface area contributed by atoms with Crippen LogP contribution in [-0.2, 0) is 41.4 Å². The summed E-state index contributed by atoms with van der Waals surface area (Å²) in [4.78, 5) is 41.4. The lowest BCUT2D eigenvalue weighted by atomic mass is 9.54. The largest absolute Gasteiger partial charge is 0.493 e. The predicted octanol–water partition coefficient (Wildman–Crippen LogP) is 4.60. The number of Topliss-reactive ketones (excluding diaryl/α,β-unsaturated/α-hetero) is 1. The lowest BCUT2D eigenvalue weighted by Crippen LogP contribution is -2.70. The summed E-state index contributed by atoms with van der Waals surface area (Å²) in [5, 5.41) is 12.5. The highest BCUT2D eigenvalue weighted by Gasteiger charge is 2.79. The monoisotopic (exact) mass is 829 g/mol. The highest BCUT2D eigenvalue weighted by atomic mass is 35.5. The molecule has 2 aliphatic heterocycles. The summed E-state index contributed by atoms with van der Waals surface area (Å²) in [6.07, 6.45) is 3.31. The normalized spacial score (nSPS) is 31.7. The maximum absolute atomic E-state index is 13.9. The highest BCUT2D eigenvalue weighted by molar-refractivity contribution is 6.06. The van der Waals surface area contributed by atoms with E-state index in [1.807, 2.05) is 43.3 Å². The Labute approximate surface area is 345 Å². The van der Waals surface area contributed by atoms with Gasteiger partial charge in [-0.2, -0.15) is 0 Å². The quantitative estimate of drug-likeness (QED) is 0.189. The van der Waals surface area contributed by atoms with E-state index in [0.717, 1.165) is 11.1 Å². The number of ether oxygens (including phenoxy) is 6. The van der Waals surface area contributed by atoms with Crippen LogP contribution in [0.2, 0.25) is 0 Å². The molecule has 5 N–H and O–H groups in total. The molecule has 5 aliphatic rings. The molecule has 3 bridgehead atoms. The fraction of sp³-hybridized carbons (Fsp3) is 0.500. The Bertz CT molecular complexity index is 1940. The van der Waals surface area contributed by atoms with Crippen LogP contribution in [0.3, 0.4) is 0 Å². The van der Waals surface area contributed by atoms with Gasteiger partial charge in [-0.15, -0.1) is 24.8 Å². The molecule has 3 aliphatic carbocycles. The second kappa shape index (κ2) is 16.8. The van der Waals surface area contributed by atoms with E-state index in [1.54, 1.807) is 31.2 Å². The van der Waals surface area contributed by atoms with Crippen molar-refractivity contribution in [3.05, 3.63) is 95.1 Å². The molecule has 2 aromatic rings. The van der Waals surface area contributed by atoms with Crippen molar-refractivity contribution >= 4 is 42.7 Å². The van der Waals surface area contributed by atoms with Gasteiger partial charge in [-0.25, -0.2) is 4.79 Å². The smallest absolute Gasteiger partial charge is 0.415 e. The van der Waals surface area contributed by atoms with Crippen molar-refractivity contribution in [3.8, 4) is 11.5 Å². The molecule has 2 aromatic carbocycles. The number of nitrogens with two attached hydrogens (primary N) is 2. The fourth-order valence-electron chi connectivity index (χ4n) is 9.61. The number of carbonyl (C=O) groups is 3. The zero-order chi connectivity index (χ0) is 39.3. The van der Waals surface area contributed by atoms with Gasteiger partial charge in [-0.3, -0.25) is 9.59 Å². The Morgan fingerprint density at radius 2 is 1.74 bits per heavy atom. The zero-order valence-electron chi connectivity index (χ0n) is 32.7. The summed E-state index contributed by atoms with van der Waals surface area (Å²) in [5.41, 5.74) is 10.7. The van der Waals surface area contributed by atoms with Crippen molar-refractivity contribution < 1.29 is 47.9 Å². The van der Waals surface area contributed by atoms with Gasteiger partial charge >= 0.3 is 12.1 Å². The number of fused-ring (bicyclic) bond motifs is 2. The zero-order valence-corrected chi connectivity index (χ0v) is 34.3. The van der Waals surface area contributed by atoms with E-state index in [0.29, 0.717) is 36.0 Å². The van der Waals surface area contributed by atoms with Crippen molar-refractivity contribution in [3.63, 3.8) is 0 Å². The Hall–Kier alpha value is -3.79. The summed E-state index contributed by atoms with van der Waals surface area (Å²) in [6, 6.07) is 14.6. The summed E-state index contributed by atoms with van der Waals surface area (Å²) in [6.45, 7) is 11.0. The van der Waals surface area contributed by atoms with Gasteiger partial charge in [0.25, 0.3) is 5.97 Å². The van der Waals surface area contributed by atoms with Crippen molar-refractivity contribution in [2.75, 3.05) is 39.9 Å². The van der Waals surface area contributed by atoms with E-state index >= 15 is 0 Å². The van der Waals surface area contributed by atoms with E-state index in [2.05, 4.69) is 13.5 Å². The van der Waals surface area contributed by atoms with Crippen LogP contribution in [0.5, 0.6) is 11.5 Å². The molecule has 0 spiro atoms. The number of hydrogen-bond acceptors (Lipinski definition) is 12. The molecule has 57 heavy (non-hydrogen) atoms. The standard InChI is InChI=1S/C42H51N3O10.2ClH/c1-25(2)40-21-27(4)42-31(37(40)53-41(54-40,55-42)23-28-9-7-6-8-10-28)18-30(22-39(49)34(42)17-26(3)36(39)47)24-51-35(46)20-29-11-12-32(33(19-29)50-5)52-38(48)45(15-13-43)16-14-44;;/h6-12,17,19,22,27,31,34,37,49H,1,13-16,18,20-21,23-24,43-44H2,2-5H3;2*1H/t27-,31+,34-,37-,39-,40-,41-,42-;;/m1../s1. The molecule has 3 fully saturated rings. The average Bonchev–Trinajstić information content (AvgIpc) is 3.46. The second-order valence-corrected chi connectivity index (χ2v) is 15.6. The molecule has 13 nitrogen and oxygen atoms in total. The minimum Gasteiger partial charge on any atom is -0.493 e. The third-order valence-corrected chi connectivity index (χ3v) is 12.0. The van der Waals surface area contributed by atoms with Crippen LogP contribution in [0.15, 0.2) is 84.0 Å². The number of rotatable bonds is 13. The number of aliphatic hydroxyl groups is 1. The molecule has 2 saturated heterocycles. The van der Waals surface area contributed by atoms with Crippen molar-refractivity contribution in [1.29, 1.82) is 0 Å². The molecule has 7 rings (SSSR count). The molecular weight excluding hydrogens is 777 g/mol. The number of nitrogens with zero attached hydrogens (tertiary/aromatic N) is 1. The van der Waals surface area contributed by atoms with Crippen LogP contribution in [0.4, 0.5) is 4.79 Å². The lowest BCUT2D eigenvalue weighted by molar-refractivity contribution is -0.425. The van der Waals surface area contributed by atoms with E-state index in [-0.39, 0.29) is 87.4 Å². The maximum atomic E-state index is 13.9. The number of halogens is 2. The lowest BCUT2D eigenvalue weighted by Gasteiger charge is -2.59. The third-order valence-electron chi connectivity index (χ3n) is 12.0. The van der Waals surface area contributed by atoms with Crippen molar-refractivity contribution in [1.82, 2.24) is 4.90 Å². The van der Waals surface area contributed by atoms with Gasteiger partial charge in [0, 0.05) is 38.0 Å². The first-order valence-corrected chi connectivity index (χ1v) is 18.9. The molecule has 0 radical (unpaired) electrons. The first-order chi connectivity index (χ1) is 26.2. The van der Waals surface area contributed by atoms with Gasteiger partial charge in [0.2, 0.25) is 0 Å². The third kappa shape index (κ3) is 7.53. The Balaban J connectivity index is 0.00000310. The Morgan fingerprint density at radius 3 is 2.39 bits per heavy atom. The van der Waals surface area contributed by atoms with Crippen LogP contribution < -0.4 is 20.9 Å². The Morgan fingerprint density at radius 1 is 1.04 bits per heavy atom. The minimum absolute atomic E-state index is 0. The maximum Gasteiger partial charge on any atom is 0.415 e. The van der Waals surface area contributed by atoms with Crippen molar-refractivity contribution in [2.45, 2.75) is 75.3 Å². The second-order valence-electron chi connectivity index (χ2n) is 15.6. The summed E-state index contributed by atoms with van der Waals surface area (Å²) >= 11 is 0. The van der Waals surface area contributed by atoms with Gasteiger partial charge in [-0.05, 0) is 78.7 Å². The van der Waals surface area contributed by atoms with Crippen LogP contribution in [0, 0.1) is 17.8 Å². The molecular formula is C42H53Cl2N3O10. The molecule has 15 heteroatoms. The molecule has 1 saturated carbocycles. The van der Waals surface area contributed by atoms with E-state index < -0.39 is 52.6 Å². The van der Waals surface area contributed by atoms with Crippen LogP contribution in [0.1, 0.15) is 44.7 Å². The number of ketones is 1. The highest BCUT2D eigenvalue weighted by Crippen LogP contribution is 2.68. The minimum atomic E-state index is -1.94. The van der Waals surface area contributed by atoms with E-state index in [9.17, 15) is 19.5 Å². The van der Waals surface area contributed by atoms with Crippen molar-refractivity contribution in [2.24, 2.45) is 29.2 Å². The van der Waals surface area contributed by atoms with Crippen LogP contribution in [-0.4, -0.2) is 96.6 Å². The van der Waals surface area contributed by atoms with Crippen LogP contribution in [0.25, 0.3) is 0 Å². The number of esters is 1. The molecule has 0 unspecified atom stereocenters. The number of hydrogen-bond donors (Lipinski definition) is 3. The van der Waals surface area contributed by atoms with Gasteiger partial charge < -0.3 is 49.9 Å². The predicted molar refractivity (Wildman–Crippen MR) is 215 cm³/mol.